The van der Waals surface area contributed by atoms with E-state index in [1.54, 1.807) is 40.6 Å². The number of halogens is 4. The summed E-state index contributed by atoms with van der Waals surface area (Å²) in [6, 6.07) is 15.5. The number of nitrogens with one attached hydrogen (secondary N) is 1. The van der Waals surface area contributed by atoms with E-state index in [-0.39, 0.29) is 42.0 Å². The third-order valence-electron chi connectivity index (χ3n) is 6.91. The highest BCUT2D eigenvalue weighted by Crippen LogP contribution is 2.37. The fourth-order valence-corrected chi connectivity index (χ4v) is 7.42. The van der Waals surface area contributed by atoms with E-state index in [9.17, 15) is 17.2 Å². The highest BCUT2D eigenvalue weighted by Gasteiger charge is 2.44. The smallest absolute Gasteiger partial charge is 0.272 e. The molecular formula is C29H28ClF3N4O4S2. The van der Waals surface area contributed by atoms with Crippen molar-refractivity contribution in [3.63, 3.8) is 0 Å². The molecule has 5 rings (SSSR count). The number of hydrogen-bond acceptors (Lipinski definition) is 8. The van der Waals surface area contributed by atoms with Crippen molar-refractivity contribution in [2.45, 2.75) is 23.4 Å². The number of aromatic nitrogens is 1. The fourth-order valence-electron chi connectivity index (χ4n) is 4.79. The molecule has 1 aliphatic heterocycles. The monoisotopic (exact) mass is 652 g/mol. The zero-order valence-electron chi connectivity index (χ0n) is 23.1. The van der Waals surface area contributed by atoms with Crippen molar-refractivity contribution in [2.24, 2.45) is 0 Å². The van der Waals surface area contributed by atoms with Crippen molar-refractivity contribution in [3.05, 3.63) is 94.2 Å². The summed E-state index contributed by atoms with van der Waals surface area (Å²) in [6.07, 6.45) is 1.45. The number of ether oxygens (including phenoxy) is 2. The lowest BCUT2D eigenvalue weighted by molar-refractivity contribution is -0.131. The van der Waals surface area contributed by atoms with Crippen molar-refractivity contribution in [1.82, 2.24) is 9.88 Å². The van der Waals surface area contributed by atoms with Gasteiger partial charge in [0.2, 0.25) is 0 Å². The van der Waals surface area contributed by atoms with E-state index in [0.29, 0.717) is 17.1 Å². The van der Waals surface area contributed by atoms with Crippen molar-refractivity contribution >= 4 is 43.8 Å². The largest absolute Gasteiger partial charge is 0.497 e. The van der Waals surface area contributed by atoms with E-state index in [1.165, 1.54) is 20.4 Å². The summed E-state index contributed by atoms with van der Waals surface area (Å²) in [5.74, 6) is -2.90. The number of hydrogen-bond donors (Lipinski definition) is 1. The Morgan fingerprint density at radius 3 is 2.49 bits per heavy atom. The van der Waals surface area contributed by atoms with Crippen molar-refractivity contribution in [2.75, 3.05) is 43.5 Å². The van der Waals surface area contributed by atoms with Gasteiger partial charge in [0.05, 0.1) is 50.6 Å². The second-order valence-corrected chi connectivity index (χ2v) is 13.0. The lowest BCUT2D eigenvalue weighted by Crippen LogP contribution is -2.57. The third-order valence-corrected chi connectivity index (χ3v) is 9.89. The first kappa shape index (κ1) is 30.9. The molecule has 0 amide bonds. The fraction of sp³-hybridized carbons (Fsp3) is 0.276. The van der Waals surface area contributed by atoms with E-state index < -0.39 is 32.7 Å². The van der Waals surface area contributed by atoms with Crippen LogP contribution in [0, 0.1) is 5.82 Å². The highest BCUT2D eigenvalue weighted by molar-refractivity contribution is 7.93. The minimum absolute atomic E-state index is 0.0593. The number of likely N-dealkylation sites (tertiary alicyclic amines) is 1. The van der Waals surface area contributed by atoms with Gasteiger partial charge in [-0.1, -0.05) is 41.9 Å². The molecule has 0 bridgehead atoms. The van der Waals surface area contributed by atoms with Gasteiger partial charge in [0, 0.05) is 29.8 Å². The number of thiazole rings is 1. The van der Waals surface area contributed by atoms with Gasteiger partial charge in [0.1, 0.15) is 22.2 Å². The van der Waals surface area contributed by atoms with E-state index >= 15 is 4.39 Å². The second kappa shape index (κ2) is 12.6. The summed E-state index contributed by atoms with van der Waals surface area (Å²) < 4.78 is 82.4. The molecule has 14 heteroatoms. The van der Waals surface area contributed by atoms with Gasteiger partial charge in [-0.05, 0) is 29.8 Å². The molecule has 4 aromatic rings. The van der Waals surface area contributed by atoms with E-state index in [1.807, 2.05) is 18.2 Å². The van der Waals surface area contributed by atoms with Crippen molar-refractivity contribution in [3.8, 4) is 11.5 Å². The molecule has 0 radical (unpaired) electrons. The van der Waals surface area contributed by atoms with Gasteiger partial charge in [0.25, 0.3) is 15.9 Å². The Morgan fingerprint density at radius 1 is 1.12 bits per heavy atom. The van der Waals surface area contributed by atoms with E-state index in [4.69, 9.17) is 21.1 Å². The minimum Gasteiger partial charge on any atom is -0.497 e. The van der Waals surface area contributed by atoms with Gasteiger partial charge >= 0.3 is 0 Å². The van der Waals surface area contributed by atoms with Crippen LogP contribution in [0.25, 0.3) is 0 Å². The normalized spacial score (nSPS) is 15.4. The molecule has 1 N–H and O–H groups in total. The Balaban J connectivity index is 1.46. The predicted molar refractivity (Wildman–Crippen MR) is 161 cm³/mol. The summed E-state index contributed by atoms with van der Waals surface area (Å²) in [6.45, 7) is -0.776. The molecule has 3 aromatic carbocycles. The first-order valence-corrected chi connectivity index (χ1v) is 15.7. The maximum Gasteiger partial charge on any atom is 0.272 e. The number of methoxy groups -OCH3 is 2. The Kier molecular flexibility index (Phi) is 9.07. The molecular weight excluding hydrogens is 625 g/mol. The summed E-state index contributed by atoms with van der Waals surface area (Å²) in [4.78, 5) is 5.09. The molecule has 0 saturated carbocycles. The van der Waals surface area contributed by atoms with Gasteiger partial charge in [-0.2, -0.15) is 0 Å². The average molecular weight is 653 g/mol. The van der Waals surface area contributed by atoms with Crippen LogP contribution in [0.5, 0.6) is 11.5 Å². The summed E-state index contributed by atoms with van der Waals surface area (Å²) in [7, 11) is -1.58. The number of sulfonamides is 1. The Labute approximate surface area is 256 Å². The molecule has 0 unspecified atom stereocenters. The maximum atomic E-state index is 15.7. The van der Waals surface area contributed by atoms with Crippen LogP contribution >= 0.6 is 22.9 Å². The lowest BCUT2D eigenvalue weighted by atomic mass is 10.0. The first-order chi connectivity index (χ1) is 20.5. The number of anilines is 2. The molecule has 0 aliphatic carbocycles. The molecule has 8 nitrogen and oxygen atoms in total. The van der Waals surface area contributed by atoms with Crippen molar-refractivity contribution < 1.29 is 31.1 Å². The van der Waals surface area contributed by atoms with Crippen LogP contribution in [-0.2, 0) is 16.6 Å². The van der Waals surface area contributed by atoms with Gasteiger partial charge in [-0.25, -0.2) is 30.9 Å². The van der Waals surface area contributed by atoms with Crippen LogP contribution in [0.3, 0.4) is 0 Å². The molecule has 1 saturated heterocycles. The van der Waals surface area contributed by atoms with Crippen LogP contribution < -0.4 is 19.1 Å². The summed E-state index contributed by atoms with van der Waals surface area (Å²) >= 11 is 7.62. The molecule has 1 aromatic heterocycles. The van der Waals surface area contributed by atoms with Gasteiger partial charge in [-0.15, -0.1) is 11.3 Å². The lowest BCUT2D eigenvalue weighted by Gasteiger charge is -2.41. The van der Waals surface area contributed by atoms with Crippen LogP contribution in [0.2, 0.25) is 5.02 Å². The molecule has 1 atom stereocenters. The first-order valence-electron chi connectivity index (χ1n) is 13.0. The number of rotatable bonds is 12. The minimum atomic E-state index is -4.52. The molecule has 1 aliphatic rings. The van der Waals surface area contributed by atoms with E-state index in [0.717, 1.165) is 33.3 Å². The van der Waals surface area contributed by atoms with Gasteiger partial charge in [0.15, 0.2) is 5.13 Å². The predicted octanol–water partition coefficient (Wildman–Crippen LogP) is 6.45. The zero-order chi connectivity index (χ0) is 30.8. The molecule has 0 spiro atoms. The third kappa shape index (κ3) is 6.85. The Bertz CT molecular complexity index is 1670. The molecule has 228 valence electrons. The summed E-state index contributed by atoms with van der Waals surface area (Å²) in [5.41, 5.74) is 1.39. The van der Waals surface area contributed by atoms with Crippen LogP contribution in [0.1, 0.15) is 17.2 Å². The average Bonchev–Trinajstić information content (AvgIpc) is 3.51. The SMILES string of the molecule is COc1ccc(CN(c2nccs2)S(=O)(=O)c2cc(Cl)c(N[C@H](CN3CC(F)(F)C3)c3ccccc3)cc2F)c(OC)c1. The number of alkyl halides is 2. The van der Waals surface area contributed by atoms with Crippen LogP contribution in [0.15, 0.2) is 77.1 Å². The quantitative estimate of drug-likeness (QED) is 0.188. The maximum absolute atomic E-state index is 15.7. The summed E-state index contributed by atoms with van der Waals surface area (Å²) in [5, 5.41) is 4.79. The zero-order valence-corrected chi connectivity index (χ0v) is 25.5. The molecule has 1 fully saturated rings. The number of nitrogens with zero attached hydrogens (tertiary/aromatic N) is 3. The van der Waals surface area contributed by atoms with Crippen molar-refractivity contribution in [1.29, 1.82) is 0 Å². The Morgan fingerprint density at radius 2 is 1.86 bits per heavy atom. The van der Waals surface area contributed by atoms with Crippen LogP contribution in [-0.4, -0.2) is 58.1 Å². The second-order valence-electron chi connectivity index (χ2n) is 9.90. The number of benzene rings is 3. The van der Waals surface area contributed by atoms with Gasteiger partial charge in [-0.3, -0.25) is 4.90 Å². The molecule has 2 heterocycles. The molecule has 43 heavy (non-hydrogen) atoms. The van der Waals surface area contributed by atoms with E-state index in [2.05, 4.69) is 10.3 Å². The standard InChI is InChI=1S/C29H28ClF3N4O4S2/c1-40-21-9-8-20(26(12-21)41-2)15-37(28-34-10-11-42-28)43(38,39)27-13-22(30)24(14-23(27)31)35-25(19-6-4-3-5-7-19)16-36-17-29(32,33)18-36/h3-14,25,35H,15-18H2,1-2H3/t25-/m1/s1. The topological polar surface area (TPSA) is 84.0 Å². The van der Waals surface area contributed by atoms with Gasteiger partial charge < -0.3 is 14.8 Å². The highest BCUT2D eigenvalue weighted by atomic mass is 35.5. The van der Waals surface area contributed by atoms with Crippen LogP contribution in [0.4, 0.5) is 24.0 Å². The Hall–Kier alpha value is -3.52.